The number of hydrogen-bond acceptors (Lipinski definition) is 7. The number of aromatic nitrogens is 3. The number of carbonyl (C=O) groups is 1. The second kappa shape index (κ2) is 7.02. The maximum absolute atomic E-state index is 12.3. The second-order valence-corrected chi connectivity index (χ2v) is 6.39. The van der Waals surface area contributed by atoms with Crippen LogP contribution < -0.4 is 4.74 Å². The number of likely N-dealkylation sites (tertiary alicyclic amines) is 1. The molecule has 0 N–H and O–H groups in total. The molecule has 0 bridgehead atoms. The molecule has 2 aromatic rings. The van der Waals surface area contributed by atoms with Crippen molar-refractivity contribution in [3.8, 4) is 5.88 Å². The number of carbonyl (C=O) groups excluding carboxylic acids is 1. The van der Waals surface area contributed by atoms with Gasteiger partial charge >= 0.3 is 0 Å². The normalized spacial score (nSPS) is 18.2. The summed E-state index contributed by atoms with van der Waals surface area (Å²) in [7, 11) is 0. The van der Waals surface area contributed by atoms with Gasteiger partial charge in [-0.1, -0.05) is 19.0 Å². The molecule has 0 spiro atoms. The number of ether oxygens (including phenoxy) is 1. The smallest absolute Gasteiger partial charge is 0.260 e. The van der Waals surface area contributed by atoms with Gasteiger partial charge in [-0.2, -0.15) is 4.98 Å². The fourth-order valence-corrected chi connectivity index (χ4v) is 2.70. The molecule has 1 aliphatic heterocycles. The molecule has 130 valence electrons. The van der Waals surface area contributed by atoms with Gasteiger partial charge in [0.05, 0.1) is 0 Å². The summed E-state index contributed by atoms with van der Waals surface area (Å²) in [5.41, 5.74) is 0. The molecule has 0 saturated carbocycles. The van der Waals surface area contributed by atoms with Gasteiger partial charge in [0.2, 0.25) is 5.89 Å². The molecule has 0 aromatic carbocycles. The fourth-order valence-electron chi connectivity index (χ4n) is 2.70. The Morgan fingerprint density at radius 3 is 2.92 bits per heavy atom. The van der Waals surface area contributed by atoms with Gasteiger partial charge in [-0.25, -0.2) is 0 Å². The van der Waals surface area contributed by atoms with Gasteiger partial charge in [-0.05, 0) is 24.9 Å². The van der Waals surface area contributed by atoms with Gasteiger partial charge in [0.1, 0.15) is 5.76 Å². The van der Waals surface area contributed by atoms with Crippen molar-refractivity contribution in [2.45, 2.75) is 45.4 Å². The number of rotatable bonds is 5. The van der Waals surface area contributed by atoms with E-state index in [4.69, 9.17) is 13.8 Å². The number of nitrogens with zero attached hydrogens (tertiary/aromatic N) is 4. The molecule has 0 aliphatic carbocycles. The molecule has 1 unspecified atom stereocenters. The maximum atomic E-state index is 12.3. The quantitative estimate of drug-likeness (QED) is 0.827. The lowest BCUT2D eigenvalue weighted by atomic mass is 9.97. The first-order chi connectivity index (χ1) is 11.5. The van der Waals surface area contributed by atoms with Crippen LogP contribution >= 0.6 is 0 Å². The lowest BCUT2D eigenvalue weighted by Crippen LogP contribution is -2.41. The largest absolute Gasteiger partial charge is 0.465 e. The highest BCUT2D eigenvalue weighted by molar-refractivity contribution is 5.77. The van der Waals surface area contributed by atoms with Crippen LogP contribution in [-0.2, 0) is 4.79 Å². The third kappa shape index (κ3) is 3.74. The molecule has 1 fully saturated rings. The Bertz CT molecular complexity index is 694. The third-order valence-electron chi connectivity index (χ3n) is 4.04. The molecule has 2 aromatic heterocycles. The van der Waals surface area contributed by atoms with Crippen molar-refractivity contribution in [3.05, 3.63) is 23.5 Å². The predicted molar refractivity (Wildman–Crippen MR) is 83.7 cm³/mol. The minimum absolute atomic E-state index is 0.0534. The van der Waals surface area contributed by atoms with Gasteiger partial charge < -0.3 is 18.7 Å². The Morgan fingerprint density at radius 2 is 2.25 bits per heavy atom. The highest BCUT2D eigenvalue weighted by Gasteiger charge is 2.28. The first kappa shape index (κ1) is 16.5. The van der Waals surface area contributed by atoms with Gasteiger partial charge in [-0.15, -0.1) is 0 Å². The van der Waals surface area contributed by atoms with E-state index in [2.05, 4.69) is 15.3 Å². The fraction of sp³-hybridized carbons (Fsp3) is 0.625. The molecule has 3 rings (SSSR count). The maximum Gasteiger partial charge on any atom is 0.260 e. The highest BCUT2D eigenvalue weighted by atomic mass is 16.5. The third-order valence-corrected chi connectivity index (χ3v) is 4.04. The van der Waals surface area contributed by atoms with Crippen molar-refractivity contribution < 1.29 is 18.6 Å². The number of amides is 1. The monoisotopic (exact) mass is 334 g/mol. The van der Waals surface area contributed by atoms with E-state index in [1.54, 1.807) is 17.9 Å². The Balaban J connectivity index is 1.56. The van der Waals surface area contributed by atoms with Crippen molar-refractivity contribution in [1.29, 1.82) is 0 Å². The number of hydrogen-bond donors (Lipinski definition) is 0. The molecule has 0 radical (unpaired) electrons. The van der Waals surface area contributed by atoms with Crippen LogP contribution in [-0.4, -0.2) is 45.8 Å². The molecule has 1 amide bonds. The molecule has 1 atom stereocenters. The van der Waals surface area contributed by atoms with E-state index in [1.165, 1.54) is 0 Å². The van der Waals surface area contributed by atoms with E-state index in [-0.39, 0.29) is 24.3 Å². The Kier molecular flexibility index (Phi) is 4.82. The van der Waals surface area contributed by atoms with E-state index in [1.807, 2.05) is 13.8 Å². The summed E-state index contributed by atoms with van der Waals surface area (Å²) < 4.78 is 15.6. The average Bonchev–Trinajstić information content (AvgIpc) is 3.22. The van der Waals surface area contributed by atoms with Crippen LogP contribution in [0.15, 0.2) is 15.1 Å². The van der Waals surface area contributed by atoms with E-state index >= 15 is 0 Å². The Hall–Kier alpha value is -2.38. The molecule has 8 nitrogen and oxygen atoms in total. The van der Waals surface area contributed by atoms with Gasteiger partial charge in [0.15, 0.2) is 12.4 Å². The summed E-state index contributed by atoms with van der Waals surface area (Å²) >= 11 is 0. The molecular weight excluding hydrogens is 312 g/mol. The second-order valence-electron chi connectivity index (χ2n) is 6.39. The first-order valence-corrected chi connectivity index (χ1v) is 8.20. The molecule has 24 heavy (non-hydrogen) atoms. The molecule has 1 saturated heterocycles. The zero-order valence-electron chi connectivity index (χ0n) is 14.2. The topological polar surface area (TPSA) is 94.5 Å². The SMILES string of the molecule is Cc1cc(OCC(=O)N2CCCC(c3noc(C(C)C)n3)C2)no1. The summed E-state index contributed by atoms with van der Waals surface area (Å²) in [6, 6.07) is 1.65. The van der Waals surface area contributed by atoms with Crippen molar-refractivity contribution in [2.75, 3.05) is 19.7 Å². The van der Waals surface area contributed by atoms with Crippen LogP contribution in [0.3, 0.4) is 0 Å². The minimum Gasteiger partial charge on any atom is -0.465 e. The van der Waals surface area contributed by atoms with Gasteiger partial charge in [0, 0.05) is 31.0 Å². The van der Waals surface area contributed by atoms with E-state index in [9.17, 15) is 4.79 Å². The zero-order valence-corrected chi connectivity index (χ0v) is 14.2. The lowest BCUT2D eigenvalue weighted by Gasteiger charge is -2.31. The highest BCUT2D eigenvalue weighted by Crippen LogP contribution is 2.26. The number of aryl methyl sites for hydroxylation is 1. The molecular formula is C16H22N4O4. The predicted octanol–water partition coefficient (Wildman–Crippen LogP) is 2.27. The van der Waals surface area contributed by atoms with E-state index in [0.717, 1.165) is 12.8 Å². The van der Waals surface area contributed by atoms with E-state index in [0.29, 0.717) is 36.4 Å². The van der Waals surface area contributed by atoms with Crippen molar-refractivity contribution >= 4 is 5.91 Å². The van der Waals surface area contributed by atoms with Crippen molar-refractivity contribution in [1.82, 2.24) is 20.2 Å². The molecule has 8 heteroatoms. The lowest BCUT2D eigenvalue weighted by molar-refractivity contribution is -0.134. The summed E-state index contributed by atoms with van der Waals surface area (Å²) in [5, 5.41) is 7.79. The van der Waals surface area contributed by atoms with Crippen LogP contribution in [0.25, 0.3) is 0 Å². The summed E-state index contributed by atoms with van der Waals surface area (Å²) in [4.78, 5) is 18.6. The van der Waals surface area contributed by atoms with Crippen LogP contribution in [0.4, 0.5) is 0 Å². The van der Waals surface area contributed by atoms with Crippen LogP contribution in [0.5, 0.6) is 5.88 Å². The Morgan fingerprint density at radius 1 is 1.42 bits per heavy atom. The molecule has 3 heterocycles. The first-order valence-electron chi connectivity index (χ1n) is 8.20. The van der Waals surface area contributed by atoms with Crippen LogP contribution in [0, 0.1) is 6.92 Å². The van der Waals surface area contributed by atoms with Crippen molar-refractivity contribution in [2.24, 2.45) is 0 Å². The summed E-state index contributed by atoms with van der Waals surface area (Å²) in [6.45, 7) is 7.03. The zero-order chi connectivity index (χ0) is 17.1. The summed E-state index contributed by atoms with van der Waals surface area (Å²) in [5.74, 6) is 2.53. The number of piperidine rings is 1. The standard InChI is InChI=1S/C16H22N4O4/c1-10(2)16-17-15(19-24-16)12-5-4-6-20(8-12)14(21)9-22-13-7-11(3)23-18-13/h7,10,12H,4-6,8-9H2,1-3H3. The summed E-state index contributed by atoms with van der Waals surface area (Å²) in [6.07, 6.45) is 1.86. The van der Waals surface area contributed by atoms with Gasteiger partial charge in [-0.3, -0.25) is 4.79 Å². The van der Waals surface area contributed by atoms with E-state index < -0.39 is 0 Å². The Labute approximate surface area is 140 Å². The van der Waals surface area contributed by atoms with Crippen LogP contribution in [0.1, 0.15) is 56.0 Å². The van der Waals surface area contributed by atoms with Crippen LogP contribution in [0.2, 0.25) is 0 Å². The van der Waals surface area contributed by atoms with Gasteiger partial charge in [0.25, 0.3) is 11.8 Å². The van der Waals surface area contributed by atoms with Crippen molar-refractivity contribution in [3.63, 3.8) is 0 Å². The minimum atomic E-state index is -0.0760. The average molecular weight is 334 g/mol. The molecule has 1 aliphatic rings.